The summed E-state index contributed by atoms with van der Waals surface area (Å²) in [5.41, 5.74) is -3.52. The predicted molar refractivity (Wildman–Crippen MR) is 229 cm³/mol. The van der Waals surface area contributed by atoms with Crippen molar-refractivity contribution in [3.8, 4) is 17.1 Å². The molecule has 0 aliphatic heterocycles. The summed E-state index contributed by atoms with van der Waals surface area (Å²) >= 11 is 8.03. The molecule has 0 radical (unpaired) electrons. The Labute approximate surface area is 362 Å². The number of carbonyl (C=O) groups excluding carboxylic acids is 2. The van der Waals surface area contributed by atoms with Crippen molar-refractivity contribution in [3.05, 3.63) is 117 Å². The number of ketones is 1. The van der Waals surface area contributed by atoms with Gasteiger partial charge in [-0.05, 0) is 135 Å². The smallest absolute Gasteiger partial charge is 0.416 e. The van der Waals surface area contributed by atoms with Crippen LogP contribution in [0.3, 0.4) is 0 Å². The molecule has 6 aliphatic rings. The molecule has 13 heteroatoms. The van der Waals surface area contributed by atoms with Gasteiger partial charge in [-0.25, -0.2) is 4.79 Å². The van der Waals surface area contributed by atoms with Gasteiger partial charge in [0.25, 0.3) is 0 Å². The lowest BCUT2D eigenvalue weighted by molar-refractivity contribution is -0.174. The minimum absolute atomic E-state index is 0.0116. The van der Waals surface area contributed by atoms with Crippen LogP contribution in [0, 0.1) is 33.5 Å². The second-order valence-electron chi connectivity index (χ2n) is 18.4. The lowest BCUT2D eigenvalue weighted by atomic mass is 9.32. The van der Waals surface area contributed by atoms with E-state index < -0.39 is 39.7 Å². The normalized spacial score (nSPS) is 32.4. The van der Waals surface area contributed by atoms with Crippen LogP contribution in [0.15, 0.2) is 100 Å². The maximum absolute atomic E-state index is 15.2. The van der Waals surface area contributed by atoms with Crippen LogP contribution in [0.5, 0.6) is 5.75 Å². The number of halogens is 4. The highest BCUT2D eigenvalue weighted by atomic mass is 35.5. The maximum atomic E-state index is 15.2. The molecular weight excluding hydrogens is 825 g/mol. The van der Waals surface area contributed by atoms with E-state index in [0.717, 1.165) is 23.4 Å². The van der Waals surface area contributed by atoms with Crippen molar-refractivity contribution in [1.82, 2.24) is 4.90 Å². The average Bonchev–Trinajstić information content (AvgIpc) is 4.00. The predicted octanol–water partition coefficient (Wildman–Crippen LogP) is 11.2. The van der Waals surface area contributed by atoms with Gasteiger partial charge in [0, 0.05) is 44.5 Å². The Morgan fingerprint density at radius 1 is 0.984 bits per heavy atom. The fourth-order valence-electron chi connectivity index (χ4n) is 12.4. The minimum Gasteiger partial charge on any atom is -0.497 e. The SMILES string of the molecule is COc1ccc(NC(=O)N(CCc2cccs2)CC2(O)CCC3C45C=CC6(C=C4C(=O)c4ccc(-c7cc(C(F)(F)F)ccc7Cl)o4)CC(O)CCC6(C)C5CCC32C)cc1. The Kier molecular flexibility index (Phi) is 10.2. The van der Waals surface area contributed by atoms with Crippen LogP contribution in [0.25, 0.3) is 11.3 Å². The van der Waals surface area contributed by atoms with E-state index in [1.165, 1.54) is 18.2 Å². The number of anilines is 1. The first-order valence-electron chi connectivity index (χ1n) is 21.0. The van der Waals surface area contributed by atoms with Gasteiger partial charge in [-0.2, -0.15) is 13.2 Å². The second kappa shape index (κ2) is 14.9. The van der Waals surface area contributed by atoms with Crippen molar-refractivity contribution in [3.63, 3.8) is 0 Å². The molecule has 3 fully saturated rings. The van der Waals surface area contributed by atoms with Crippen molar-refractivity contribution in [2.45, 2.75) is 83.1 Å². The number of carbonyl (C=O) groups is 2. The monoisotopic (exact) mass is 874 g/mol. The van der Waals surface area contributed by atoms with E-state index in [4.69, 9.17) is 20.8 Å². The molecule has 2 amide bonds. The van der Waals surface area contributed by atoms with Crippen LogP contribution >= 0.6 is 22.9 Å². The molecule has 8 nitrogen and oxygen atoms in total. The third kappa shape index (κ3) is 6.61. The van der Waals surface area contributed by atoms with Gasteiger partial charge < -0.3 is 29.6 Å². The van der Waals surface area contributed by atoms with E-state index in [9.17, 15) is 28.2 Å². The Hall–Kier alpha value is -4.36. The molecule has 2 spiro atoms. The first kappa shape index (κ1) is 42.0. The number of urea groups is 1. The molecule has 3 N–H and O–H groups in total. The third-order valence-corrected chi connectivity index (χ3v) is 16.9. The molecular formula is C48H50ClF3N2O6S. The summed E-state index contributed by atoms with van der Waals surface area (Å²) in [5, 5.41) is 29.4. The van der Waals surface area contributed by atoms with Crippen LogP contribution in [-0.4, -0.2) is 58.8 Å². The number of rotatable bonds is 10. The number of nitrogens with zero attached hydrogens (tertiary/aromatic N) is 1. The Bertz CT molecular complexity index is 2410. The molecule has 4 aromatic rings. The van der Waals surface area contributed by atoms with Gasteiger partial charge in [0.15, 0.2) is 5.76 Å². The molecule has 2 heterocycles. The number of amides is 2. The molecule has 2 aromatic carbocycles. The summed E-state index contributed by atoms with van der Waals surface area (Å²) in [6.45, 7) is 4.87. The maximum Gasteiger partial charge on any atom is 0.416 e. The first-order chi connectivity index (χ1) is 28.9. The molecule has 2 bridgehead atoms. The van der Waals surface area contributed by atoms with Crippen LogP contribution in [0.4, 0.5) is 23.7 Å². The number of fused-ring (bicyclic) bond motifs is 1. The van der Waals surface area contributed by atoms with E-state index in [2.05, 4.69) is 37.4 Å². The Morgan fingerprint density at radius 2 is 1.72 bits per heavy atom. The number of alkyl halides is 3. The number of benzene rings is 2. The summed E-state index contributed by atoms with van der Waals surface area (Å²) in [4.78, 5) is 32.2. The fraction of sp³-hybridized carbons (Fsp3) is 0.458. The molecule has 6 aliphatic carbocycles. The zero-order chi connectivity index (χ0) is 43.2. The summed E-state index contributed by atoms with van der Waals surface area (Å²) in [6.07, 6.45) is 6.15. The standard InChI is InChI=1S/C48H50ClF3N2O6S/c1-43-18-14-31(55)26-45(43)21-22-47(35(27-45)41(56)38-13-12-37(60-38)34-25-29(48(50,51)52)6-11-36(34)49)39(43)15-19-44(2)40(47)16-20-46(44,58)28-54(23-17-33-5-4-24-61-33)42(57)53-30-7-9-32(59-3)10-8-30/h4-13,21-22,24-25,27,31,39-40,55,58H,14-20,23,26,28H2,1-3H3,(H,53,57). The summed E-state index contributed by atoms with van der Waals surface area (Å²) in [5.74, 6) is 0.0862. The number of hydrogen-bond donors (Lipinski definition) is 3. The molecule has 10 rings (SSSR count). The Balaban J connectivity index is 1.08. The summed E-state index contributed by atoms with van der Waals surface area (Å²) < 4.78 is 52.7. The van der Waals surface area contributed by atoms with Crippen molar-refractivity contribution < 1.29 is 42.1 Å². The van der Waals surface area contributed by atoms with Gasteiger partial charge in [-0.1, -0.05) is 49.7 Å². The molecule has 322 valence electrons. The number of ether oxygens (including phenoxy) is 1. The number of furan rings is 1. The van der Waals surface area contributed by atoms with Gasteiger partial charge in [0.1, 0.15) is 11.5 Å². The highest BCUT2D eigenvalue weighted by Crippen LogP contribution is 2.78. The van der Waals surface area contributed by atoms with Crippen molar-refractivity contribution in [1.29, 1.82) is 0 Å². The number of methoxy groups -OCH3 is 1. The lowest BCUT2D eigenvalue weighted by Gasteiger charge is -2.71. The lowest BCUT2D eigenvalue weighted by Crippen LogP contribution is -2.67. The van der Waals surface area contributed by atoms with Gasteiger partial charge in [-0.15, -0.1) is 11.3 Å². The van der Waals surface area contributed by atoms with Crippen molar-refractivity contribution in [2.75, 3.05) is 25.5 Å². The number of Topliss-reactive ketones (excluding diaryl/α,β-unsaturated/α-hetero) is 1. The zero-order valence-electron chi connectivity index (χ0n) is 34.4. The highest BCUT2D eigenvalue weighted by Gasteiger charge is 2.74. The number of aliphatic hydroxyl groups excluding tert-OH is 1. The van der Waals surface area contributed by atoms with Gasteiger partial charge in [0.05, 0.1) is 35.9 Å². The number of hydrogen-bond acceptors (Lipinski definition) is 7. The van der Waals surface area contributed by atoms with Crippen LogP contribution in [0.1, 0.15) is 79.8 Å². The van der Waals surface area contributed by atoms with E-state index in [-0.39, 0.29) is 57.7 Å². The largest absolute Gasteiger partial charge is 0.497 e. The number of thiophene rings is 1. The van der Waals surface area contributed by atoms with E-state index >= 15 is 4.79 Å². The van der Waals surface area contributed by atoms with Gasteiger partial charge in [-0.3, -0.25) is 4.79 Å². The number of aliphatic hydroxyl groups is 2. The Morgan fingerprint density at radius 3 is 2.44 bits per heavy atom. The van der Waals surface area contributed by atoms with Crippen molar-refractivity contribution in [2.24, 2.45) is 33.5 Å². The molecule has 8 unspecified atom stereocenters. The average molecular weight is 875 g/mol. The molecule has 2 aromatic heterocycles. The van der Waals surface area contributed by atoms with Gasteiger partial charge in [0.2, 0.25) is 5.78 Å². The second-order valence-corrected chi connectivity index (χ2v) is 19.8. The molecule has 3 saturated carbocycles. The highest BCUT2D eigenvalue weighted by molar-refractivity contribution is 7.09. The third-order valence-electron chi connectivity index (χ3n) is 15.6. The van der Waals surface area contributed by atoms with E-state index in [1.54, 1.807) is 47.6 Å². The molecule has 8 atom stereocenters. The molecule has 0 saturated heterocycles. The molecule has 61 heavy (non-hydrogen) atoms. The summed E-state index contributed by atoms with van der Waals surface area (Å²) in [7, 11) is 1.58. The van der Waals surface area contributed by atoms with Crippen molar-refractivity contribution >= 4 is 40.4 Å². The van der Waals surface area contributed by atoms with E-state index in [0.29, 0.717) is 68.5 Å². The zero-order valence-corrected chi connectivity index (χ0v) is 35.9. The number of nitrogens with one attached hydrogen (secondary N) is 1. The van der Waals surface area contributed by atoms with Crippen LogP contribution in [0.2, 0.25) is 5.02 Å². The van der Waals surface area contributed by atoms with Gasteiger partial charge >= 0.3 is 12.2 Å². The fourth-order valence-corrected chi connectivity index (χ4v) is 13.3. The topological polar surface area (TPSA) is 112 Å². The first-order valence-corrected chi connectivity index (χ1v) is 22.3. The quantitative estimate of drug-likeness (QED) is 0.108. The minimum atomic E-state index is -4.61. The summed E-state index contributed by atoms with van der Waals surface area (Å²) in [6, 6.07) is 16.8. The van der Waals surface area contributed by atoms with Crippen LogP contribution in [-0.2, 0) is 12.6 Å². The van der Waals surface area contributed by atoms with E-state index in [1.807, 2.05) is 17.5 Å². The number of allylic oxidation sites excluding steroid dienone is 4. The van der Waals surface area contributed by atoms with Crippen LogP contribution < -0.4 is 10.1 Å².